The molecule has 0 bridgehead atoms. The number of rotatable bonds is 5. The third-order valence-corrected chi connectivity index (χ3v) is 4.12. The molecule has 0 aromatic rings. The van der Waals surface area contributed by atoms with E-state index < -0.39 is 14.6 Å². The Bertz CT molecular complexity index is 393. The molecule has 0 radical (unpaired) electrons. The fourth-order valence-electron chi connectivity index (χ4n) is 2.19. The number of methoxy groups -OCH3 is 1. The molecule has 1 unspecified atom stereocenters. The zero-order chi connectivity index (χ0) is 13.3. The van der Waals surface area contributed by atoms with Gasteiger partial charge in [-0.25, -0.2) is 8.42 Å². The molecule has 7 heteroatoms. The summed E-state index contributed by atoms with van der Waals surface area (Å²) in [5, 5.41) is 0. The maximum absolute atomic E-state index is 11.8. The Labute approximate surface area is 106 Å². The van der Waals surface area contributed by atoms with Gasteiger partial charge in [0.05, 0.1) is 17.9 Å². The smallest absolute Gasteiger partial charge is 0.232 e. The van der Waals surface area contributed by atoms with E-state index in [9.17, 15) is 13.2 Å². The Morgan fingerprint density at radius 1 is 1.53 bits per heavy atom. The summed E-state index contributed by atoms with van der Waals surface area (Å²) >= 11 is 0. The molecule has 0 saturated carbocycles. The van der Waals surface area contributed by atoms with Crippen LogP contribution in [0.25, 0.3) is 0 Å². The fourth-order valence-corrected chi connectivity index (χ4v) is 3.51. The molecule has 5 nitrogen and oxygen atoms in total. The van der Waals surface area contributed by atoms with Crippen molar-refractivity contribution in [2.75, 3.05) is 26.0 Å². The van der Waals surface area contributed by atoms with Crippen LogP contribution in [0.15, 0.2) is 0 Å². The highest BCUT2D eigenvalue weighted by Crippen LogP contribution is 2.27. The third-order valence-electron chi connectivity index (χ3n) is 2.87. The van der Waals surface area contributed by atoms with Crippen molar-refractivity contribution in [3.05, 3.63) is 0 Å². The van der Waals surface area contributed by atoms with Gasteiger partial charge in [0.2, 0.25) is 15.0 Å². The van der Waals surface area contributed by atoms with Gasteiger partial charge in [-0.2, -0.15) is 0 Å². The van der Waals surface area contributed by atoms with Gasteiger partial charge in [0.25, 0.3) is 0 Å². The van der Waals surface area contributed by atoms with Gasteiger partial charge in [0.15, 0.2) is 0 Å². The van der Waals surface area contributed by atoms with Gasteiger partial charge >= 0.3 is 0 Å². The summed E-state index contributed by atoms with van der Waals surface area (Å²) in [5.41, 5.74) is -0.420. The minimum Gasteiger partial charge on any atom is -0.382 e. The predicted octanol–water partition coefficient (Wildman–Crippen LogP) is 0.829. The molecule has 1 aliphatic heterocycles. The van der Waals surface area contributed by atoms with Crippen LogP contribution in [-0.2, 0) is 18.6 Å². The molecule has 0 aromatic heterocycles. The van der Waals surface area contributed by atoms with Gasteiger partial charge in [-0.1, -0.05) is 0 Å². The van der Waals surface area contributed by atoms with E-state index in [2.05, 4.69) is 0 Å². The van der Waals surface area contributed by atoms with Gasteiger partial charge in [-0.3, -0.25) is 4.79 Å². The molecule has 1 heterocycles. The zero-order valence-electron chi connectivity index (χ0n) is 10.3. The van der Waals surface area contributed by atoms with Crippen LogP contribution in [0.4, 0.5) is 0 Å². The standard InChI is InChI=1S/C10H18ClNO4S/c1-10(2,7-16-3)12-5-8(4-9(12)13)6-17(11,14)15/h8H,4-7H2,1-3H3. The van der Waals surface area contributed by atoms with E-state index in [-0.39, 0.29) is 24.0 Å². The highest BCUT2D eigenvalue weighted by atomic mass is 35.7. The number of carbonyl (C=O) groups is 1. The number of halogens is 1. The molecular formula is C10H18ClNO4S. The van der Waals surface area contributed by atoms with Gasteiger partial charge < -0.3 is 9.64 Å². The van der Waals surface area contributed by atoms with Crippen molar-refractivity contribution in [1.82, 2.24) is 4.90 Å². The van der Waals surface area contributed by atoms with E-state index in [1.54, 1.807) is 12.0 Å². The highest BCUT2D eigenvalue weighted by Gasteiger charge is 2.39. The first-order chi connectivity index (χ1) is 7.65. The van der Waals surface area contributed by atoms with Crippen molar-refractivity contribution < 1.29 is 17.9 Å². The van der Waals surface area contributed by atoms with E-state index >= 15 is 0 Å². The summed E-state index contributed by atoms with van der Waals surface area (Å²) in [4.78, 5) is 13.5. The summed E-state index contributed by atoms with van der Waals surface area (Å²) in [5.74, 6) is -0.418. The van der Waals surface area contributed by atoms with Crippen molar-refractivity contribution in [2.24, 2.45) is 5.92 Å². The van der Waals surface area contributed by atoms with Gasteiger partial charge in [-0.15, -0.1) is 0 Å². The number of likely N-dealkylation sites (tertiary alicyclic amines) is 1. The second-order valence-corrected chi connectivity index (χ2v) is 7.85. The van der Waals surface area contributed by atoms with Crippen LogP contribution in [-0.4, -0.2) is 50.8 Å². The van der Waals surface area contributed by atoms with E-state index in [4.69, 9.17) is 15.4 Å². The molecule has 17 heavy (non-hydrogen) atoms. The first kappa shape index (κ1) is 14.7. The Balaban J connectivity index is 2.70. The quantitative estimate of drug-likeness (QED) is 0.701. The van der Waals surface area contributed by atoms with E-state index in [1.165, 1.54) is 0 Å². The lowest BCUT2D eigenvalue weighted by molar-refractivity contribution is -0.133. The largest absolute Gasteiger partial charge is 0.382 e. The molecule has 0 aromatic carbocycles. The molecular weight excluding hydrogens is 266 g/mol. The first-order valence-corrected chi connectivity index (χ1v) is 7.85. The Morgan fingerprint density at radius 2 is 2.12 bits per heavy atom. The fraction of sp³-hybridized carbons (Fsp3) is 0.900. The summed E-state index contributed by atoms with van der Waals surface area (Å²) in [6, 6.07) is 0. The summed E-state index contributed by atoms with van der Waals surface area (Å²) < 4.78 is 27.0. The van der Waals surface area contributed by atoms with E-state index in [0.717, 1.165) is 0 Å². The minimum atomic E-state index is -3.55. The minimum absolute atomic E-state index is 0.0441. The molecule has 0 aliphatic carbocycles. The number of hydrogen-bond acceptors (Lipinski definition) is 4. The lowest BCUT2D eigenvalue weighted by Crippen LogP contribution is -2.48. The highest BCUT2D eigenvalue weighted by molar-refractivity contribution is 8.13. The van der Waals surface area contributed by atoms with Crippen LogP contribution in [0.2, 0.25) is 0 Å². The predicted molar refractivity (Wildman–Crippen MR) is 65.4 cm³/mol. The summed E-state index contributed by atoms with van der Waals surface area (Å²) in [6.07, 6.45) is 0.235. The Hall–Kier alpha value is -0.330. The maximum atomic E-state index is 11.8. The van der Waals surface area contributed by atoms with Gasteiger partial charge in [0.1, 0.15) is 0 Å². The van der Waals surface area contributed by atoms with E-state index in [0.29, 0.717) is 13.2 Å². The number of carbonyl (C=O) groups excluding carboxylic acids is 1. The number of nitrogens with zero attached hydrogens (tertiary/aromatic N) is 1. The van der Waals surface area contributed by atoms with E-state index in [1.807, 2.05) is 13.8 Å². The van der Waals surface area contributed by atoms with Gasteiger partial charge in [0, 0.05) is 36.7 Å². The Morgan fingerprint density at radius 3 is 2.59 bits per heavy atom. The van der Waals surface area contributed by atoms with Crippen molar-refractivity contribution in [3.63, 3.8) is 0 Å². The third kappa shape index (κ3) is 4.12. The maximum Gasteiger partial charge on any atom is 0.232 e. The van der Waals surface area contributed by atoms with Crippen LogP contribution in [0.1, 0.15) is 20.3 Å². The lowest BCUT2D eigenvalue weighted by Gasteiger charge is -2.35. The molecule has 0 N–H and O–H groups in total. The average molecular weight is 284 g/mol. The van der Waals surface area contributed by atoms with Crippen molar-refractivity contribution in [3.8, 4) is 0 Å². The molecule has 1 rings (SSSR count). The first-order valence-electron chi connectivity index (χ1n) is 5.37. The summed E-state index contributed by atoms with van der Waals surface area (Å²) in [6.45, 7) is 4.62. The van der Waals surface area contributed by atoms with Gasteiger partial charge in [-0.05, 0) is 13.8 Å². The van der Waals surface area contributed by atoms with Crippen molar-refractivity contribution in [2.45, 2.75) is 25.8 Å². The normalized spacial score (nSPS) is 22.2. The number of hydrogen-bond donors (Lipinski definition) is 0. The van der Waals surface area contributed by atoms with Crippen molar-refractivity contribution in [1.29, 1.82) is 0 Å². The monoisotopic (exact) mass is 283 g/mol. The molecule has 1 aliphatic rings. The molecule has 100 valence electrons. The van der Waals surface area contributed by atoms with Crippen LogP contribution >= 0.6 is 10.7 Å². The van der Waals surface area contributed by atoms with Crippen LogP contribution in [0.5, 0.6) is 0 Å². The average Bonchev–Trinajstić information content (AvgIpc) is 2.43. The lowest BCUT2D eigenvalue weighted by atomic mass is 10.1. The van der Waals surface area contributed by atoms with Crippen molar-refractivity contribution >= 4 is 25.6 Å². The van der Waals surface area contributed by atoms with Crippen LogP contribution in [0.3, 0.4) is 0 Å². The second kappa shape index (κ2) is 5.12. The Kier molecular flexibility index (Phi) is 4.43. The molecule has 1 saturated heterocycles. The molecule has 1 amide bonds. The topological polar surface area (TPSA) is 63.7 Å². The number of ether oxygens (including phenoxy) is 1. The van der Waals surface area contributed by atoms with Crippen LogP contribution in [0, 0.1) is 5.92 Å². The summed E-state index contributed by atoms with van der Waals surface area (Å²) in [7, 11) is 3.22. The van der Waals surface area contributed by atoms with Crippen LogP contribution < -0.4 is 0 Å². The number of amides is 1. The second-order valence-electron chi connectivity index (χ2n) is 5.03. The molecule has 1 fully saturated rings. The molecule has 1 atom stereocenters. The molecule has 0 spiro atoms. The zero-order valence-corrected chi connectivity index (χ0v) is 11.8. The SMILES string of the molecule is COCC(C)(C)N1CC(CS(=O)(=O)Cl)CC1=O.